The van der Waals surface area contributed by atoms with Crippen LogP contribution in [-0.2, 0) is 130 Å². The second-order valence-corrected chi connectivity index (χ2v) is 38.3. The maximum Gasteiger partial charge on any atom is 0.473 e. The molecule has 17 N–H and O–H groups in total. The normalized spacial score (nSPS) is 19.4. The first kappa shape index (κ1) is 119. The van der Waals surface area contributed by atoms with Crippen LogP contribution >= 0.6 is 15.4 Å². The minimum atomic E-state index is -5.05. The summed E-state index contributed by atoms with van der Waals surface area (Å²) in [6, 6.07) is 3.36. The van der Waals surface area contributed by atoms with Crippen molar-refractivity contribution < 1.29 is 158 Å². The molecule has 2 saturated heterocycles. The molecule has 19 atom stereocenters. The van der Waals surface area contributed by atoms with E-state index in [1.807, 2.05) is 60.5 Å². The molecule has 2 aromatic rings. The number of carbonyl (C=O) groups is 15. The molecule has 776 valence electrons. The molecule has 47 nitrogen and oxygen atoms in total. The molecule has 0 spiro atoms. The number of benzene rings is 2. The highest BCUT2D eigenvalue weighted by molar-refractivity contribution is 7.51. The summed E-state index contributed by atoms with van der Waals surface area (Å²) < 4.78 is 80.9. The topological polar surface area (TPSA) is 651 Å². The molecule has 2 aromatic carbocycles. The van der Waals surface area contributed by atoms with Crippen molar-refractivity contribution in [2.75, 3.05) is 132 Å². The maximum atomic E-state index is 14.7. The predicted octanol–water partition coefficient (Wildman–Crippen LogP) is -0.797. The average Bonchev–Trinajstić information content (AvgIpc) is 1.56. The molecule has 3 aliphatic rings. The van der Waals surface area contributed by atoms with E-state index >= 15 is 0 Å². The number of nitrogens with two attached hydrogens (primary N) is 1. The molecule has 5 unspecified atom stereocenters. The van der Waals surface area contributed by atoms with Crippen LogP contribution in [0.5, 0.6) is 0 Å². The van der Waals surface area contributed by atoms with Crippen LogP contribution in [-0.4, -0.2) is 357 Å². The van der Waals surface area contributed by atoms with Crippen LogP contribution < -0.4 is 53.6 Å². The quantitative estimate of drug-likeness (QED) is 0.0167. The molecule has 0 aliphatic carbocycles. The lowest BCUT2D eigenvalue weighted by atomic mass is 9.89. The number of aliphatic hydroxyl groups excluding tert-OH is 3. The van der Waals surface area contributed by atoms with Crippen molar-refractivity contribution in [2.24, 2.45) is 35.3 Å². The molecule has 0 saturated carbocycles. The molecule has 0 bridgehead atoms. The molecule has 5 rings (SSSR count). The first-order valence-electron chi connectivity index (χ1n) is 45.9. The van der Waals surface area contributed by atoms with Gasteiger partial charge in [-0.1, -0.05) is 111 Å². The summed E-state index contributed by atoms with van der Waals surface area (Å²) in [6.45, 7) is 16.0. The number of likely N-dealkylation sites (tertiary alicyclic amines) is 1. The SMILES string of the molecule is CC[C@H](C)[C@@H]([C@@H](CC(=O)N1CCC[C@H]1[C@H](OC)[C@@H](C)C(=O)N[C@H](C)[C@@H](OP(=O)(O)OCc1ccc(NC(=O)[C@H](CCCNC(N)=O)NC(=O)[C@@H](NC(=O)[C@H](CC(=O)OCC2OC(=O)C(O)C(O)C2O)NC(=O)CCOCCOCCOCCOCCNC(=O)[C@H](CNC(=O)CCP(=O)(O)O)N2C(=O)C=CC2=O)C(C)C)cc1)c1ccccc1)OC)N(C)C(=O)[C@@H](NC(=O)[C@H](C(C)C)N(C)C)C(C)C. The number of anilines is 1. The van der Waals surface area contributed by atoms with Crippen LogP contribution in [0.1, 0.15) is 144 Å². The fourth-order valence-electron chi connectivity index (χ4n) is 15.7. The van der Waals surface area contributed by atoms with E-state index in [1.54, 1.807) is 61.0 Å². The fourth-order valence-corrected chi connectivity index (χ4v) is 17.2. The van der Waals surface area contributed by atoms with Crippen molar-refractivity contribution in [3.8, 4) is 0 Å². The number of nitrogens with one attached hydrogen (secondary N) is 9. The Morgan fingerprint density at radius 3 is 1.79 bits per heavy atom. The molecule has 138 heavy (non-hydrogen) atoms. The van der Waals surface area contributed by atoms with Gasteiger partial charge in [0.2, 0.25) is 59.1 Å². The van der Waals surface area contributed by atoms with Gasteiger partial charge in [0, 0.05) is 78.1 Å². The van der Waals surface area contributed by atoms with Crippen LogP contribution in [0.25, 0.3) is 0 Å². The summed E-state index contributed by atoms with van der Waals surface area (Å²) in [5.41, 5.74) is 6.13. The Hall–Kier alpha value is -9.91. The highest BCUT2D eigenvalue weighted by atomic mass is 31.2. The van der Waals surface area contributed by atoms with Gasteiger partial charge in [0.05, 0.1) is 121 Å². The van der Waals surface area contributed by atoms with Crippen molar-refractivity contribution in [3.63, 3.8) is 0 Å². The number of nitrogens with zero attached hydrogens (tertiary/aromatic N) is 4. The Bertz CT molecular complexity index is 4430. The lowest BCUT2D eigenvalue weighted by molar-refractivity contribution is -0.209. The summed E-state index contributed by atoms with van der Waals surface area (Å²) in [4.78, 5) is 236. The zero-order valence-electron chi connectivity index (χ0n) is 80.9. The highest BCUT2D eigenvalue weighted by Gasteiger charge is 2.48. The first-order chi connectivity index (χ1) is 65.1. The summed E-state index contributed by atoms with van der Waals surface area (Å²) >= 11 is 0. The van der Waals surface area contributed by atoms with Gasteiger partial charge in [0.1, 0.15) is 55.1 Å². The van der Waals surface area contributed by atoms with Crippen LogP contribution in [0, 0.1) is 29.6 Å². The molecular formula is C89H142N14O33P2. The number of phosphoric acid groups is 1. The number of carbonyl (C=O) groups excluding carboxylic acids is 15. The Morgan fingerprint density at radius 1 is 0.623 bits per heavy atom. The highest BCUT2D eigenvalue weighted by Crippen LogP contribution is 2.50. The Labute approximate surface area is 803 Å². The molecule has 49 heteroatoms. The minimum Gasteiger partial charge on any atom is -0.462 e. The number of phosphoric ester groups is 1. The number of rotatable bonds is 63. The van der Waals surface area contributed by atoms with E-state index in [0.717, 1.165) is 12.2 Å². The van der Waals surface area contributed by atoms with Gasteiger partial charge in [0.25, 0.3) is 11.8 Å². The molecule has 14 amide bonds. The number of primary amides is 1. The third kappa shape index (κ3) is 38.9. The smallest absolute Gasteiger partial charge is 0.462 e. The van der Waals surface area contributed by atoms with Gasteiger partial charge in [-0.2, -0.15) is 0 Å². The summed E-state index contributed by atoms with van der Waals surface area (Å²) in [5, 5.41) is 53.8. The van der Waals surface area contributed by atoms with Crippen molar-refractivity contribution in [3.05, 3.63) is 77.9 Å². The Morgan fingerprint density at radius 2 is 1.22 bits per heavy atom. The van der Waals surface area contributed by atoms with Gasteiger partial charge < -0.3 is 131 Å². The van der Waals surface area contributed by atoms with Crippen LogP contribution in [0.3, 0.4) is 0 Å². The van der Waals surface area contributed by atoms with Crippen molar-refractivity contribution in [1.82, 2.24) is 62.1 Å². The third-order valence-corrected chi connectivity index (χ3v) is 25.1. The number of hydrogen-bond acceptors (Lipinski definition) is 31. The van der Waals surface area contributed by atoms with Crippen molar-refractivity contribution in [1.29, 1.82) is 0 Å². The Balaban J connectivity index is 1.17. The number of aliphatic hydroxyl groups is 3. The number of urea groups is 1. The number of esters is 2. The van der Waals surface area contributed by atoms with Crippen LogP contribution in [0.4, 0.5) is 10.5 Å². The number of methoxy groups -OCH3 is 2. The molecular weight excluding hydrogens is 1850 g/mol. The predicted molar refractivity (Wildman–Crippen MR) is 494 cm³/mol. The van der Waals surface area contributed by atoms with Crippen LogP contribution in [0.15, 0.2) is 66.7 Å². The van der Waals surface area contributed by atoms with Gasteiger partial charge >= 0.3 is 33.4 Å². The van der Waals surface area contributed by atoms with E-state index in [-0.39, 0.29) is 126 Å². The summed E-state index contributed by atoms with van der Waals surface area (Å²) in [6.07, 6.45) is -10.0. The maximum absolute atomic E-state index is 14.7. The van der Waals surface area contributed by atoms with E-state index in [4.69, 9.17) is 62.5 Å². The Kier molecular flexibility index (Phi) is 50.7. The van der Waals surface area contributed by atoms with E-state index in [9.17, 15) is 101 Å². The number of imide groups is 1. The second-order valence-electron chi connectivity index (χ2n) is 35.1. The number of cyclic esters (lactones) is 1. The molecule has 0 aromatic heterocycles. The third-order valence-electron chi connectivity index (χ3n) is 23.3. The summed E-state index contributed by atoms with van der Waals surface area (Å²) in [5.74, 6) is -13.2. The van der Waals surface area contributed by atoms with Gasteiger partial charge in [-0.05, 0) is 93.6 Å². The first-order valence-corrected chi connectivity index (χ1v) is 49.1. The number of hydrogen-bond donors (Lipinski definition) is 16. The largest absolute Gasteiger partial charge is 0.473 e. The lowest BCUT2D eigenvalue weighted by Gasteiger charge is -2.41. The van der Waals surface area contributed by atoms with E-state index in [0.29, 0.717) is 41.8 Å². The number of ether oxygens (including phenoxy) is 8. The number of likely N-dealkylation sites (N-methyl/N-ethyl adjacent to an activating group) is 2. The zero-order valence-corrected chi connectivity index (χ0v) is 82.7. The monoisotopic (exact) mass is 2000 g/mol. The van der Waals surface area contributed by atoms with E-state index in [1.165, 1.54) is 52.3 Å². The summed E-state index contributed by atoms with van der Waals surface area (Å²) in [7, 11) is -1.33. The zero-order chi connectivity index (χ0) is 103. The second kappa shape index (κ2) is 59.0. The van der Waals surface area contributed by atoms with E-state index in [2.05, 4.69) is 47.9 Å². The fraction of sp³-hybridized carbons (Fsp3) is 0.674. The standard InChI is InChI=1S/C89H142N14O33P2/c1-16-54(8)75(101(13)87(119)73(52(4)5)99-86(118)74(53(6)7)100(11)12)64(127-14)47-70(108)102-36-21-25-62(102)79(128-15)55(9)81(113)94-56(10)80(58-22-18-17-19-23-58)136-138(125,126)134-49-57-26-28-59(29-27-57)95-82(114)60(24-20-34-92-89(90)121)97-85(117)72(51(2)3)98-83(115)61(46-71(109)133-50-65-76(110)77(111)78(112)88(120)135-65)96-67(105)32-37-129-39-41-131-43-44-132-42-40-130-38-35-91-84(116)63(103-68(106)30-31-69(103)107)48-93-66(104)33-45-137(122,123)124/h17-19,22-23,26-31,51-56,60-65,72-80,110-112H,16,20-21,24-25,32-50H2,1-15H3,(H,91,116)(H,93,104)(H,94,113)(H,95,114)(H,96,105)(H,97,117)(H,98,115)(H,99,118)(H,125,126)(H3,90,92,121)(H2,122,123,124)/t54-,55+,56+,60-,61-,62-,63-,64+,65?,72-,73-,74-,75-,76?,77?,78?,79+,80+/m0/s1. The van der Waals surface area contributed by atoms with Crippen LogP contribution in [0.2, 0.25) is 0 Å². The minimum absolute atomic E-state index is 0.0144. The molecule has 3 aliphatic heterocycles. The molecule has 2 fully saturated rings. The molecule has 0 radical (unpaired) electrons. The van der Waals surface area contributed by atoms with E-state index < -0.39 is 241 Å². The van der Waals surface area contributed by atoms with Crippen molar-refractivity contribution in [2.45, 2.75) is 231 Å². The van der Waals surface area contributed by atoms with Gasteiger partial charge in [0.15, 0.2) is 12.2 Å². The average molecular weight is 2000 g/mol. The van der Waals surface area contributed by atoms with Gasteiger partial charge in [-0.3, -0.25) is 85.7 Å². The van der Waals surface area contributed by atoms with Gasteiger partial charge in [-0.15, -0.1) is 0 Å². The molecule has 3 heterocycles. The lowest BCUT2D eigenvalue weighted by Crippen LogP contribution is -2.59. The van der Waals surface area contributed by atoms with Gasteiger partial charge in [-0.25, -0.2) is 14.2 Å². The van der Waals surface area contributed by atoms with Crippen molar-refractivity contribution >= 4 is 110 Å². The number of amides is 14.